The van der Waals surface area contributed by atoms with Gasteiger partial charge in [0.05, 0.1) is 12.7 Å². The molecule has 22 heavy (non-hydrogen) atoms. The minimum Gasteiger partial charge on any atom is -0.464 e. The smallest absolute Gasteiger partial charge is 0.358 e. The minimum atomic E-state index is -0.492. The van der Waals surface area contributed by atoms with Gasteiger partial charge in [0.15, 0.2) is 11.5 Å². The van der Waals surface area contributed by atoms with Crippen LogP contribution in [0.4, 0.5) is 0 Å². The molecule has 0 N–H and O–H groups in total. The van der Waals surface area contributed by atoms with Crippen molar-refractivity contribution in [2.45, 2.75) is 13.3 Å². The van der Waals surface area contributed by atoms with Crippen molar-refractivity contribution >= 4 is 5.97 Å². The monoisotopic (exact) mass is 299 g/mol. The van der Waals surface area contributed by atoms with Crippen molar-refractivity contribution in [1.29, 1.82) is 0 Å². The van der Waals surface area contributed by atoms with Crippen LogP contribution in [-0.2, 0) is 11.2 Å². The van der Waals surface area contributed by atoms with E-state index in [0.717, 1.165) is 5.56 Å². The van der Waals surface area contributed by atoms with Crippen molar-refractivity contribution in [3.05, 3.63) is 42.4 Å². The summed E-state index contributed by atoms with van der Waals surface area (Å²) in [5.74, 6) is 1.20. The van der Waals surface area contributed by atoms with Gasteiger partial charge < -0.3 is 9.26 Å². The molecule has 112 valence electrons. The fraction of sp³-hybridized carbons (Fsp3) is 0.214. The number of carbonyl (C=O) groups excluding carboxylic acids is 1. The number of rotatable bonds is 4. The fourth-order valence-corrected chi connectivity index (χ4v) is 1.84. The van der Waals surface area contributed by atoms with E-state index in [0.29, 0.717) is 24.0 Å². The average Bonchev–Trinajstić information content (AvgIpc) is 3.23. The first-order chi connectivity index (χ1) is 10.7. The predicted molar refractivity (Wildman–Crippen MR) is 75.4 cm³/mol. The number of aryl methyl sites for hydroxylation is 1. The number of carbonyl (C=O) groups is 1. The SMILES string of the molecule is CCc1noc(-c2ccc(-n3cnc(C(=O)OC)c3)nc2)n1. The third kappa shape index (κ3) is 2.58. The van der Waals surface area contributed by atoms with E-state index in [-0.39, 0.29) is 5.69 Å². The van der Waals surface area contributed by atoms with Gasteiger partial charge in [0.2, 0.25) is 0 Å². The van der Waals surface area contributed by atoms with Gasteiger partial charge in [0, 0.05) is 18.8 Å². The molecular formula is C14H13N5O3. The second kappa shape index (κ2) is 5.76. The van der Waals surface area contributed by atoms with Gasteiger partial charge in [-0.05, 0) is 12.1 Å². The van der Waals surface area contributed by atoms with E-state index in [1.165, 1.54) is 13.4 Å². The Kier molecular flexibility index (Phi) is 3.65. The molecule has 0 fully saturated rings. The number of esters is 1. The second-order valence-electron chi connectivity index (χ2n) is 4.43. The Morgan fingerprint density at radius 2 is 2.23 bits per heavy atom. The molecule has 0 aliphatic carbocycles. The van der Waals surface area contributed by atoms with Gasteiger partial charge >= 0.3 is 5.97 Å². The molecule has 3 rings (SSSR count). The van der Waals surface area contributed by atoms with Crippen LogP contribution in [0.3, 0.4) is 0 Å². The lowest BCUT2D eigenvalue weighted by Crippen LogP contribution is -2.01. The standard InChI is InChI=1S/C14H13N5O3/c1-3-11-17-13(22-18-11)9-4-5-12(15-6-9)19-7-10(16-8-19)14(20)21-2/h4-8H,3H2,1-2H3. The topological polar surface area (TPSA) is 95.9 Å². The van der Waals surface area contributed by atoms with E-state index < -0.39 is 5.97 Å². The van der Waals surface area contributed by atoms with Crippen LogP contribution in [0.1, 0.15) is 23.2 Å². The lowest BCUT2D eigenvalue weighted by molar-refractivity contribution is 0.0594. The lowest BCUT2D eigenvalue weighted by Gasteiger charge is -2.00. The lowest BCUT2D eigenvalue weighted by atomic mass is 10.3. The fourth-order valence-electron chi connectivity index (χ4n) is 1.84. The summed E-state index contributed by atoms with van der Waals surface area (Å²) in [7, 11) is 1.31. The zero-order valence-corrected chi connectivity index (χ0v) is 12.1. The van der Waals surface area contributed by atoms with Crippen LogP contribution in [0.15, 0.2) is 35.4 Å². The maximum absolute atomic E-state index is 11.4. The molecule has 0 bridgehead atoms. The Morgan fingerprint density at radius 3 is 2.86 bits per heavy atom. The van der Waals surface area contributed by atoms with E-state index in [9.17, 15) is 4.79 Å². The van der Waals surface area contributed by atoms with E-state index in [4.69, 9.17) is 4.52 Å². The molecule has 0 saturated heterocycles. The van der Waals surface area contributed by atoms with E-state index >= 15 is 0 Å². The molecule has 8 heteroatoms. The van der Waals surface area contributed by atoms with Crippen LogP contribution in [0, 0.1) is 0 Å². The molecule has 0 atom stereocenters. The Hall–Kier alpha value is -3.03. The molecule has 0 amide bonds. The van der Waals surface area contributed by atoms with Crippen molar-refractivity contribution in [3.63, 3.8) is 0 Å². The van der Waals surface area contributed by atoms with Crippen LogP contribution >= 0.6 is 0 Å². The summed E-state index contributed by atoms with van der Waals surface area (Å²) in [5, 5.41) is 3.84. The summed E-state index contributed by atoms with van der Waals surface area (Å²) >= 11 is 0. The Balaban J connectivity index is 1.84. The number of aromatic nitrogens is 5. The normalized spacial score (nSPS) is 10.6. The molecule has 0 aromatic carbocycles. The van der Waals surface area contributed by atoms with Crippen LogP contribution in [0.5, 0.6) is 0 Å². The highest BCUT2D eigenvalue weighted by atomic mass is 16.5. The van der Waals surface area contributed by atoms with Crippen molar-refractivity contribution in [2.75, 3.05) is 7.11 Å². The zero-order valence-electron chi connectivity index (χ0n) is 12.1. The number of imidazole rings is 1. The molecule has 3 heterocycles. The van der Waals surface area contributed by atoms with Crippen LogP contribution in [-0.4, -0.2) is 37.8 Å². The molecule has 0 unspecified atom stereocenters. The molecule has 0 saturated carbocycles. The summed E-state index contributed by atoms with van der Waals surface area (Å²) in [4.78, 5) is 23.9. The van der Waals surface area contributed by atoms with Crippen molar-refractivity contribution in [3.8, 4) is 17.3 Å². The van der Waals surface area contributed by atoms with Crippen molar-refractivity contribution in [1.82, 2.24) is 24.7 Å². The third-order valence-electron chi connectivity index (χ3n) is 3.02. The van der Waals surface area contributed by atoms with Gasteiger partial charge in [-0.2, -0.15) is 4.98 Å². The minimum absolute atomic E-state index is 0.220. The van der Waals surface area contributed by atoms with Gasteiger partial charge in [-0.1, -0.05) is 12.1 Å². The molecular weight excluding hydrogens is 286 g/mol. The van der Waals surface area contributed by atoms with E-state index in [1.54, 1.807) is 23.0 Å². The molecule has 0 aliphatic heterocycles. The number of nitrogens with zero attached hydrogens (tertiary/aromatic N) is 5. The zero-order chi connectivity index (χ0) is 15.5. The Morgan fingerprint density at radius 1 is 1.36 bits per heavy atom. The first kappa shape index (κ1) is 13.9. The quantitative estimate of drug-likeness (QED) is 0.676. The summed E-state index contributed by atoms with van der Waals surface area (Å²) in [6.45, 7) is 1.95. The second-order valence-corrected chi connectivity index (χ2v) is 4.43. The van der Waals surface area contributed by atoms with Crippen molar-refractivity contribution in [2.24, 2.45) is 0 Å². The van der Waals surface area contributed by atoms with Crippen LogP contribution in [0.2, 0.25) is 0 Å². The van der Waals surface area contributed by atoms with Crippen molar-refractivity contribution < 1.29 is 14.1 Å². The highest BCUT2D eigenvalue weighted by Crippen LogP contribution is 2.17. The Bertz CT molecular complexity index is 791. The number of hydrogen-bond acceptors (Lipinski definition) is 7. The summed E-state index contributed by atoms with van der Waals surface area (Å²) in [6.07, 6.45) is 5.38. The first-order valence-electron chi connectivity index (χ1n) is 6.63. The molecule has 3 aromatic heterocycles. The number of methoxy groups -OCH3 is 1. The molecule has 0 aliphatic rings. The van der Waals surface area contributed by atoms with Gasteiger partial charge in [-0.15, -0.1) is 0 Å². The van der Waals surface area contributed by atoms with Crippen LogP contribution < -0.4 is 0 Å². The number of ether oxygens (including phenoxy) is 1. The summed E-state index contributed by atoms with van der Waals surface area (Å²) in [6, 6.07) is 3.58. The molecule has 3 aromatic rings. The number of pyridine rings is 1. The highest BCUT2D eigenvalue weighted by molar-refractivity contribution is 5.86. The first-order valence-corrected chi connectivity index (χ1v) is 6.63. The van der Waals surface area contributed by atoms with Gasteiger partial charge in [0.1, 0.15) is 12.1 Å². The third-order valence-corrected chi connectivity index (χ3v) is 3.02. The maximum atomic E-state index is 11.4. The highest BCUT2D eigenvalue weighted by Gasteiger charge is 2.11. The van der Waals surface area contributed by atoms with E-state index in [2.05, 4.69) is 24.8 Å². The molecule has 8 nitrogen and oxygen atoms in total. The molecule has 0 spiro atoms. The summed E-state index contributed by atoms with van der Waals surface area (Å²) < 4.78 is 11.4. The number of hydrogen-bond donors (Lipinski definition) is 0. The summed E-state index contributed by atoms with van der Waals surface area (Å²) in [5.41, 5.74) is 0.946. The largest absolute Gasteiger partial charge is 0.464 e. The van der Waals surface area contributed by atoms with Crippen LogP contribution in [0.25, 0.3) is 17.3 Å². The van der Waals surface area contributed by atoms with Gasteiger partial charge in [-0.25, -0.2) is 14.8 Å². The predicted octanol–water partition coefficient (Wildman–Crippen LogP) is 1.67. The van der Waals surface area contributed by atoms with E-state index in [1.807, 2.05) is 13.0 Å². The Labute approximate surface area is 125 Å². The average molecular weight is 299 g/mol. The molecule has 0 radical (unpaired) electrons. The van der Waals surface area contributed by atoms with Gasteiger partial charge in [-0.3, -0.25) is 4.57 Å². The maximum Gasteiger partial charge on any atom is 0.358 e. The van der Waals surface area contributed by atoms with Gasteiger partial charge in [0.25, 0.3) is 5.89 Å².